The van der Waals surface area contributed by atoms with Crippen LogP contribution in [-0.2, 0) is 19.2 Å². The number of benzene rings is 1. The van der Waals surface area contributed by atoms with Crippen LogP contribution < -0.4 is 27.0 Å². The Morgan fingerprint density at radius 2 is 1.86 bits per heavy atom. The van der Waals surface area contributed by atoms with Gasteiger partial charge in [-0.15, -0.1) is 0 Å². The predicted molar refractivity (Wildman–Crippen MR) is 127 cm³/mol. The summed E-state index contributed by atoms with van der Waals surface area (Å²) in [6.45, 7) is 3.51. The highest BCUT2D eigenvalue weighted by Gasteiger charge is 2.32. The quantitative estimate of drug-likeness (QED) is 0.223. The van der Waals surface area contributed by atoms with Crippen molar-refractivity contribution in [1.29, 1.82) is 0 Å². The third kappa shape index (κ3) is 7.65. The summed E-state index contributed by atoms with van der Waals surface area (Å²) in [6, 6.07) is 0.0973. The summed E-state index contributed by atoms with van der Waals surface area (Å²) in [5, 5.41) is 30.7. The van der Waals surface area contributed by atoms with Gasteiger partial charge < -0.3 is 32.1 Å². The van der Waals surface area contributed by atoms with E-state index in [0.29, 0.717) is 6.42 Å². The van der Waals surface area contributed by atoms with E-state index in [1.165, 1.54) is 12.1 Å². The van der Waals surface area contributed by atoms with Gasteiger partial charge >= 0.3 is 5.97 Å². The molecule has 3 unspecified atom stereocenters. The van der Waals surface area contributed by atoms with Crippen molar-refractivity contribution in [3.63, 3.8) is 0 Å². The lowest BCUT2D eigenvalue weighted by molar-refractivity contribution is -0.384. The molecule has 3 atom stereocenters. The van der Waals surface area contributed by atoms with Crippen LogP contribution in [0.4, 0.5) is 11.4 Å². The molecule has 1 aromatic rings. The van der Waals surface area contributed by atoms with Gasteiger partial charge in [0.05, 0.1) is 10.5 Å². The molecule has 0 saturated heterocycles. The van der Waals surface area contributed by atoms with E-state index < -0.39 is 65.0 Å². The van der Waals surface area contributed by atoms with E-state index in [0.717, 1.165) is 6.07 Å². The normalized spacial score (nSPS) is 21.5. The van der Waals surface area contributed by atoms with Gasteiger partial charge in [0, 0.05) is 30.8 Å². The molecular formula is C22H30N6O8. The monoisotopic (exact) mass is 506 g/mol. The molecule has 1 aromatic carbocycles. The van der Waals surface area contributed by atoms with Crippen LogP contribution in [-0.4, -0.2) is 64.3 Å². The summed E-state index contributed by atoms with van der Waals surface area (Å²) < 4.78 is 0. The third-order valence-corrected chi connectivity index (χ3v) is 5.62. The van der Waals surface area contributed by atoms with Crippen molar-refractivity contribution in [2.45, 2.75) is 57.7 Å². The average Bonchev–Trinajstić information content (AvgIpc) is 2.80. The van der Waals surface area contributed by atoms with Gasteiger partial charge in [-0.25, -0.2) is 0 Å². The Hall–Kier alpha value is -4.23. The molecule has 14 heteroatoms. The first-order valence-corrected chi connectivity index (χ1v) is 11.4. The second kappa shape index (κ2) is 12.5. The SMILES string of the molecule is CC(C)C1NC(=O)c2cc([N+](=O)[O-])ccc2NCCCC(C(N)=O)NC(=O)C(CCC(=O)O)NC1=O. The van der Waals surface area contributed by atoms with Crippen molar-refractivity contribution in [3.05, 3.63) is 33.9 Å². The number of primary amides is 1. The largest absolute Gasteiger partial charge is 0.481 e. The summed E-state index contributed by atoms with van der Waals surface area (Å²) in [4.78, 5) is 72.6. The van der Waals surface area contributed by atoms with Crippen molar-refractivity contribution >= 4 is 41.0 Å². The Morgan fingerprint density at radius 3 is 2.44 bits per heavy atom. The number of anilines is 1. The first kappa shape index (κ1) is 28.0. The van der Waals surface area contributed by atoms with Crippen molar-refractivity contribution in [3.8, 4) is 0 Å². The molecule has 0 saturated carbocycles. The van der Waals surface area contributed by atoms with Gasteiger partial charge in [-0.1, -0.05) is 13.8 Å². The van der Waals surface area contributed by atoms with Gasteiger partial charge in [0.15, 0.2) is 0 Å². The van der Waals surface area contributed by atoms with E-state index in [1.54, 1.807) is 13.8 Å². The molecule has 4 amide bonds. The van der Waals surface area contributed by atoms with Crippen LogP contribution in [0.15, 0.2) is 18.2 Å². The smallest absolute Gasteiger partial charge is 0.303 e. The standard InChI is InChI=1S/C22H30N6O8/c1-11(2)18-22(34)26-16(7-8-17(29)30)21(33)25-15(19(23)31)4-3-9-24-14-6-5-12(28(35)36)10-13(14)20(32)27-18/h5-6,10-11,15-16,18,24H,3-4,7-9H2,1-2H3,(H2,23,31)(H,25,33)(H,26,34)(H,27,32)(H,29,30). The van der Waals surface area contributed by atoms with Crippen molar-refractivity contribution in [1.82, 2.24) is 16.0 Å². The highest BCUT2D eigenvalue weighted by atomic mass is 16.6. The minimum atomic E-state index is -1.31. The summed E-state index contributed by atoms with van der Waals surface area (Å²) in [6.07, 6.45) is -0.295. The number of non-ortho nitro benzene ring substituents is 1. The number of carboxylic acid groups (broad SMARTS) is 1. The molecule has 2 rings (SSSR count). The van der Waals surface area contributed by atoms with E-state index in [9.17, 15) is 34.1 Å². The fourth-order valence-electron chi connectivity index (χ4n) is 3.63. The lowest BCUT2D eigenvalue weighted by Gasteiger charge is -2.26. The number of nitro benzene ring substituents is 1. The minimum Gasteiger partial charge on any atom is -0.481 e. The molecule has 0 fully saturated rings. The molecule has 1 heterocycles. The summed E-state index contributed by atoms with van der Waals surface area (Å²) in [5.41, 5.74) is 5.29. The van der Waals surface area contributed by atoms with E-state index in [2.05, 4.69) is 21.3 Å². The van der Waals surface area contributed by atoms with Crippen LogP contribution in [0, 0.1) is 16.0 Å². The molecule has 196 valence electrons. The molecular weight excluding hydrogens is 476 g/mol. The first-order chi connectivity index (χ1) is 16.9. The Balaban J connectivity index is 2.48. The van der Waals surface area contributed by atoms with Crippen LogP contribution in [0.3, 0.4) is 0 Å². The Kier molecular flexibility index (Phi) is 9.70. The Morgan fingerprint density at radius 1 is 1.17 bits per heavy atom. The maximum atomic E-state index is 13.1. The number of nitrogens with zero attached hydrogens (tertiary/aromatic N) is 1. The van der Waals surface area contributed by atoms with Crippen LogP contribution in [0.1, 0.15) is 49.9 Å². The zero-order valence-electron chi connectivity index (χ0n) is 19.9. The number of rotatable bonds is 6. The Labute approximate surface area is 206 Å². The van der Waals surface area contributed by atoms with E-state index >= 15 is 0 Å². The number of carbonyl (C=O) groups excluding carboxylic acids is 4. The minimum absolute atomic E-state index is 0.0689. The highest BCUT2D eigenvalue weighted by Crippen LogP contribution is 2.23. The Bertz CT molecular complexity index is 1040. The third-order valence-electron chi connectivity index (χ3n) is 5.62. The number of amides is 4. The molecule has 14 nitrogen and oxygen atoms in total. The highest BCUT2D eigenvalue weighted by molar-refractivity contribution is 6.03. The number of fused-ring (bicyclic) bond motifs is 1. The second-order valence-corrected chi connectivity index (χ2v) is 8.71. The lowest BCUT2D eigenvalue weighted by atomic mass is 10.0. The molecule has 0 bridgehead atoms. The fourth-order valence-corrected chi connectivity index (χ4v) is 3.63. The number of nitrogens with one attached hydrogen (secondary N) is 4. The summed E-state index contributed by atoms with van der Waals surface area (Å²) in [5.74, 6) is -4.80. The van der Waals surface area contributed by atoms with Gasteiger partial charge in [-0.05, 0) is 31.2 Å². The van der Waals surface area contributed by atoms with E-state index in [-0.39, 0.29) is 36.3 Å². The number of hydrogen-bond acceptors (Lipinski definition) is 8. The zero-order chi connectivity index (χ0) is 27.0. The number of nitro groups is 1. The molecule has 1 aliphatic rings. The van der Waals surface area contributed by atoms with Crippen LogP contribution in [0.5, 0.6) is 0 Å². The molecule has 1 aliphatic heterocycles. The van der Waals surface area contributed by atoms with Gasteiger partial charge in [0.25, 0.3) is 11.6 Å². The number of aliphatic carboxylic acids is 1. The fraction of sp³-hybridized carbons (Fsp3) is 0.500. The van der Waals surface area contributed by atoms with Crippen molar-refractivity contribution in [2.24, 2.45) is 11.7 Å². The van der Waals surface area contributed by atoms with Crippen LogP contribution in [0.2, 0.25) is 0 Å². The molecule has 0 aliphatic carbocycles. The van der Waals surface area contributed by atoms with Gasteiger partial charge in [0.2, 0.25) is 17.7 Å². The zero-order valence-corrected chi connectivity index (χ0v) is 19.9. The van der Waals surface area contributed by atoms with Crippen LogP contribution >= 0.6 is 0 Å². The number of nitrogens with two attached hydrogens (primary N) is 1. The van der Waals surface area contributed by atoms with Crippen molar-refractivity contribution in [2.75, 3.05) is 11.9 Å². The number of carboxylic acids is 1. The second-order valence-electron chi connectivity index (χ2n) is 8.71. The van der Waals surface area contributed by atoms with Gasteiger partial charge in [0.1, 0.15) is 18.1 Å². The maximum absolute atomic E-state index is 13.1. The van der Waals surface area contributed by atoms with E-state index in [1.807, 2.05) is 0 Å². The lowest BCUT2D eigenvalue weighted by Crippen LogP contribution is -2.57. The topological polar surface area (TPSA) is 223 Å². The van der Waals surface area contributed by atoms with Gasteiger partial charge in [-0.3, -0.25) is 34.1 Å². The van der Waals surface area contributed by atoms with E-state index in [4.69, 9.17) is 10.8 Å². The average molecular weight is 507 g/mol. The molecule has 0 spiro atoms. The van der Waals surface area contributed by atoms with Crippen molar-refractivity contribution < 1.29 is 34.0 Å². The number of hydrogen-bond donors (Lipinski definition) is 6. The predicted octanol–water partition coefficient (Wildman–Crippen LogP) is -0.125. The number of carbonyl (C=O) groups is 5. The molecule has 36 heavy (non-hydrogen) atoms. The first-order valence-electron chi connectivity index (χ1n) is 11.4. The van der Waals surface area contributed by atoms with Crippen LogP contribution in [0.25, 0.3) is 0 Å². The molecule has 0 aromatic heterocycles. The molecule has 0 radical (unpaired) electrons. The summed E-state index contributed by atoms with van der Waals surface area (Å²) >= 11 is 0. The van der Waals surface area contributed by atoms with Gasteiger partial charge in [-0.2, -0.15) is 0 Å². The summed E-state index contributed by atoms with van der Waals surface area (Å²) in [7, 11) is 0. The maximum Gasteiger partial charge on any atom is 0.303 e. The molecule has 7 N–H and O–H groups in total.